The summed E-state index contributed by atoms with van der Waals surface area (Å²) in [6.07, 6.45) is -2.38. The first kappa shape index (κ1) is 29.0. The predicted molar refractivity (Wildman–Crippen MR) is 149 cm³/mol. The quantitative estimate of drug-likeness (QED) is 0.208. The van der Waals surface area contributed by atoms with Crippen molar-refractivity contribution in [3.63, 3.8) is 0 Å². The van der Waals surface area contributed by atoms with E-state index in [0.717, 1.165) is 11.1 Å². The second-order valence-corrected chi connectivity index (χ2v) is 11.6. The third-order valence-electron chi connectivity index (χ3n) is 6.02. The van der Waals surface area contributed by atoms with E-state index in [4.69, 9.17) is 5.73 Å². The summed E-state index contributed by atoms with van der Waals surface area (Å²) in [5, 5.41) is 25.9. The van der Waals surface area contributed by atoms with E-state index in [1.807, 2.05) is 74.5 Å². The summed E-state index contributed by atoms with van der Waals surface area (Å²) in [4.78, 5) is 11.5. The van der Waals surface area contributed by atoms with Gasteiger partial charge in [0, 0.05) is 19.6 Å². The Morgan fingerprint density at radius 1 is 0.947 bits per heavy atom. The summed E-state index contributed by atoms with van der Waals surface area (Å²) in [6, 6.07) is 22.3. The molecule has 0 bridgehead atoms. The van der Waals surface area contributed by atoms with Crippen LogP contribution < -0.4 is 16.4 Å². The van der Waals surface area contributed by atoms with Crippen molar-refractivity contribution in [1.29, 1.82) is 0 Å². The zero-order valence-electron chi connectivity index (χ0n) is 21.6. The van der Waals surface area contributed by atoms with E-state index in [1.165, 1.54) is 22.5 Å². The molecule has 38 heavy (non-hydrogen) atoms. The summed E-state index contributed by atoms with van der Waals surface area (Å²) in [5.74, 6) is -0.0403. The first-order valence-corrected chi connectivity index (χ1v) is 13.9. The van der Waals surface area contributed by atoms with Gasteiger partial charge in [-0.2, -0.15) is 4.31 Å². The highest BCUT2D eigenvalue weighted by Crippen LogP contribution is 2.26. The highest BCUT2D eigenvalue weighted by molar-refractivity contribution is 7.89. The van der Waals surface area contributed by atoms with Crippen LogP contribution in [0.4, 0.5) is 16.2 Å². The third-order valence-corrected chi connectivity index (χ3v) is 7.85. The van der Waals surface area contributed by atoms with E-state index in [9.17, 15) is 23.4 Å². The second kappa shape index (κ2) is 13.3. The lowest BCUT2D eigenvalue weighted by atomic mass is 10.0. The molecule has 0 heterocycles. The molecule has 0 fully saturated rings. The molecule has 0 aliphatic rings. The minimum atomic E-state index is -4.05. The molecule has 0 spiro atoms. The van der Waals surface area contributed by atoms with Gasteiger partial charge < -0.3 is 26.6 Å². The van der Waals surface area contributed by atoms with Gasteiger partial charge in [-0.1, -0.05) is 74.5 Å². The number of nitrogens with one attached hydrogen (secondary N) is 2. The third kappa shape index (κ3) is 8.20. The zero-order valence-corrected chi connectivity index (χ0v) is 22.4. The van der Waals surface area contributed by atoms with E-state index in [0.29, 0.717) is 17.9 Å². The highest BCUT2D eigenvalue weighted by atomic mass is 32.2. The van der Waals surface area contributed by atoms with Gasteiger partial charge in [-0.3, -0.25) is 0 Å². The van der Waals surface area contributed by atoms with E-state index in [1.54, 1.807) is 0 Å². The average Bonchev–Trinajstić information content (AvgIpc) is 2.88. The lowest BCUT2D eigenvalue weighted by Crippen LogP contribution is -2.50. The largest absolute Gasteiger partial charge is 0.465 e. The van der Waals surface area contributed by atoms with Crippen LogP contribution >= 0.6 is 0 Å². The van der Waals surface area contributed by atoms with Crippen LogP contribution in [0.25, 0.3) is 0 Å². The van der Waals surface area contributed by atoms with Crippen LogP contribution in [0.1, 0.15) is 25.0 Å². The van der Waals surface area contributed by atoms with E-state index in [2.05, 4.69) is 10.6 Å². The Labute approximate surface area is 224 Å². The number of sulfonamides is 1. The molecule has 0 aromatic heterocycles. The summed E-state index contributed by atoms with van der Waals surface area (Å²) in [6.45, 7) is 4.07. The van der Waals surface area contributed by atoms with Gasteiger partial charge >= 0.3 is 6.09 Å². The Balaban J connectivity index is 1.84. The van der Waals surface area contributed by atoms with Crippen molar-refractivity contribution in [1.82, 2.24) is 9.62 Å². The smallest absolute Gasteiger partial charge is 0.404 e. The maximum absolute atomic E-state index is 13.8. The number of benzene rings is 3. The molecule has 3 rings (SSSR count). The number of anilines is 2. The van der Waals surface area contributed by atoms with Crippen LogP contribution in [0.3, 0.4) is 0 Å². The van der Waals surface area contributed by atoms with Crippen molar-refractivity contribution in [2.24, 2.45) is 5.92 Å². The monoisotopic (exact) mass is 540 g/mol. The molecule has 0 aliphatic heterocycles. The second-order valence-electron chi connectivity index (χ2n) is 9.62. The number of aliphatic hydroxyl groups excluding tert-OH is 1. The minimum Gasteiger partial charge on any atom is -0.465 e. The molecular formula is C28H36N4O5S. The summed E-state index contributed by atoms with van der Waals surface area (Å²) in [7, 11) is -4.05. The van der Waals surface area contributed by atoms with Crippen molar-refractivity contribution in [2.75, 3.05) is 24.1 Å². The van der Waals surface area contributed by atoms with Crippen molar-refractivity contribution in [3.8, 4) is 0 Å². The average molecular weight is 541 g/mol. The molecule has 10 heteroatoms. The normalized spacial score (nSPS) is 13.3. The van der Waals surface area contributed by atoms with Crippen LogP contribution in [-0.2, 0) is 23.0 Å². The topological polar surface area (TPSA) is 145 Å². The number of aliphatic hydroxyl groups is 1. The van der Waals surface area contributed by atoms with Crippen molar-refractivity contribution < 1.29 is 23.4 Å². The Morgan fingerprint density at radius 3 is 2.13 bits per heavy atom. The first-order valence-electron chi connectivity index (χ1n) is 12.4. The number of amides is 1. The Morgan fingerprint density at radius 2 is 1.55 bits per heavy atom. The number of carbonyl (C=O) groups is 1. The SMILES string of the molecule is CC(C)CN(C[C@@H](O)[C@H](Cc1ccccc1)NC(=O)O)S(=O)(=O)c1ccc(N)c(NCc2ccccc2)c1. The van der Waals surface area contributed by atoms with Gasteiger partial charge in [-0.25, -0.2) is 13.2 Å². The number of nitrogens with two attached hydrogens (primary N) is 1. The Hall–Kier alpha value is -3.60. The predicted octanol–water partition coefficient (Wildman–Crippen LogP) is 3.77. The maximum Gasteiger partial charge on any atom is 0.404 e. The summed E-state index contributed by atoms with van der Waals surface area (Å²) >= 11 is 0. The van der Waals surface area contributed by atoms with Gasteiger partial charge in [-0.05, 0) is 41.7 Å². The fourth-order valence-corrected chi connectivity index (χ4v) is 5.76. The lowest BCUT2D eigenvalue weighted by molar-refractivity contribution is 0.0980. The van der Waals surface area contributed by atoms with Gasteiger partial charge in [0.1, 0.15) is 0 Å². The number of hydrogen-bond acceptors (Lipinski definition) is 6. The fourth-order valence-electron chi connectivity index (χ4n) is 4.11. The molecule has 3 aromatic carbocycles. The van der Waals surface area contributed by atoms with Gasteiger partial charge in [0.15, 0.2) is 0 Å². The van der Waals surface area contributed by atoms with Gasteiger partial charge in [0.25, 0.3) is 0 Å². The van der Waals surface area contributed by atoms with E-state index < -0.39 is 28.3 Å². The Bertz CT molecular complexity index is 1290. The fraction of sp³-hybridized carbons (Fsp3) is 0.321. The van der Waals surface area contributed by atoms with Crippen molar-refractivity contribution >= 4 is 27.5 Å². The number of nitrogens with zero attached hydrogens (tertiary/aromatic N) is 1. The van der Waals surface area contributed by atoms with Crippen LogP contribution in [0.15, 0.2) is 83.8 Å². The zero-order chi connectivity index (χ0) is 27.7. The molecule has 0 aliphatic carbocycles. The number of hydrogen-bond donors (Lipinski definition) is 5. The van der Waals surface area contributed by atoms with Gasteiger partial charge in [0.05, 0.1) is 28.4 Å². The van der Waals surface area contributed by atoms with Gasteiger partial charge in [0.2, 0.25) is 10.0 Å². The number of rotatable bonds is 13. The molecule has 3 aromatic rings. The molecule has 0 unspecified atom stereocenters. The maximum atomic E-state index is 13.8. The van der Waals surface area contributed by atoms with Gasteiger partial charge in [-0.15, -0.1) is 0 Å². The molecule has 0 radical (unpaired) electrons. The van der Waals surface area contributed by atoms with E-state index in [-0.39, 0.29) is 30.3 Å². The molecule has 2 atom stereocenters. The van der Waals surface area contributed by atoms with Crippen LogP contribution in [-0.4, -0.2) is 54.3 Å². The molecule has 9 nitrogen and oxygen atoms in total. The molecule has 204 valence electrons. The molecule has 0 saturated carbocycles. The summed E-state index contributed by atoms with van der Waals surface area (Å²) < 4.78 is 28.7. The molecule has 1 amide bonds. The highest BCUT2D eigenvalue weighted by Gasteiger charge is 2.31. The first-order chi connectivity index (χ1) is 18.1. The van der Waals surface area contributed by atoms with E-state index >= 15 is 0 Å². The summed E-state index contributed by atoms with van der Waals surface area (Å²) in [5.41, 5.74) is 8.84. The standard InChI is InChI=1S/C28H36N4O5S/c1-20(2)18-32(19-27(33)26(31-28(34)35)15-21-9-5-3-6-10-21)38(36,37)23-13-14-24(29)25(16-23)30-17-22-11-7-4-8-12-22/h3-14,16,20,26-27,30-31,33H,15,17-19,29H2,1-2H3,(H,34,35)/t26-,27+/m0/s1. The molecule has 0 saturated heterocycles. The molecular weight excluding hydrogens is 504 g/mol. The number of nitrogen functional groups attached to an aromatic ring is 1. The van der Waals surface area contributed by atoms with Crippen molar-refractivity contribution in [3.05, 3.63) is 90.0 Å². The van der Waals surface area contributed by atoms with Crippen LogP contribution in [0.2, 0.25) is 0 Å². The molecule has 6 N–H and O–H groups in total. The lowest BCUT2D eigenvalue weighted by Gasteiger charge is -2.30. The Kier molecular flexibility index (Phi) is 10.1. The van der Waals surface area contributed by atoms with Crippen LogP contribution in [0, 0.1) is 5.92 Å². The number of carboxylic acid groups (broad SMARTS) is 1. The minimum absolute atomic E-state index is 0.0286. The van der Waals surface area contributed by atoms with Crippen LogP contribution in [0.5, 0.6) is 0 Å². The van der Waals surface area contributed by atoms with Crippen molar-refractivity contribution in [2.45, 2.75) is 43.9 Å².